The summed E-state index contributed by atoms with van der Waals surface area (Å²) in [6, 6.07) is 14.7. The number of nitrogens with one attached hydrogen (secondary N) is 2. The Labute approximate surface area is 173 Å². The summed E-state index contributed by atoms with van der Waals surface area (Å²) >= 11 is 6.25. The van der Waals surface area contributed by atoms with Gasteiger partial charge in [-0.25, -0.2) is 0 Å². The number of rotatable bonds is 6. The van der Waals surface area contributed by atoms with Gasteiger partial charge in [-0.15, -0.1) is 0 Å². The zero-order valence-corrected chi connectivity index (χ0v) is 16.6. The fourth-order valence-electron chi connectivity index (χ4n) is 3.07. The highest BCUT2D eigenvalue weighted by Crippen LogP contribution is 2.31. The predicted octanol–water partition coefficient (Wildman–Crippen LogP) is 4.38. The first-order valence-electron chi connectivity index (χ1n) is 9.42. The monoisotopic (exact) mass is 409 g/mol. The van der Waals surface area contributed by atoms with Crippen LogP contribution in [0.25, 0.3) is 11.3 Å². The van der Waals surface area contributed by atoms with Crippen LogP contribution in [0.5, 0.6) is 0 Å². The van der Waals surface area contributed by atoms with Crippen molar-refractivity contribution < 1.29 is 14.1 Å². The minimum atomic E-state index is -0.335. The van der Waals surface area contributed by atoms with E-state index in [0.717, 1.165) is 18.4 Å². The van der Waals surface area contributed by atoms with Gasteiger partial charge >= 0.3 is 0 Å². The van der Waals surface area contributed by atoms with Crippen molar-refractivity contribution in [2.24, 2.45) is 0 Å². The molecule has 0 spiro atoms. The molecular formula is C22H20ClN3O3. The molecule has 4 rings (SSSR count). The molecular weight excluding hydrogens is 390 g/mol. The number of carbonyl (C=O) groups is 2. The van der Waals surface area contributed by atoms with E-state index in [9.17, 15) is 9.59 Å². The van der Waals surface area contributed by atoms with Gasteiger partial charge in [0.15, 0.2) is 0 Å². The third-order valence-corrected chi connectivity index (χ3v) is 5.07. The van der Waals surface area contributed by atoms with Crippen LogP contribution in [0, 0.1) is 6.92 Å². The number of hydrogen-bond donors (Lipinski definition) is 2. The number of aryl methyl sites for hydroxylation is 1. The zero-order chi connectivity index (χ0) is 20.4. The lowest BCUT2D eigenvalue weighted by molar-refractivity contribution is -0.120. The highest BCUT2D eigenvalue weighted by molar-refractivity contribution is 6.33. The van der Waals surface area contributed by atoms with Crippen LogP contribution in [-0.4, -0.2) is 23.0 Å². The van der Waals surface area contributed by atoms with E-state index < -0.39 is 0 Å². The van der Waals surface area contributed by atoms with E-state index in [1.807, 2.05) is 24.3 Å². The fraction of sp³-hybridized carbons (Fsp3) is 0.227. The van der Waals surface area contributed by atoms with Crippen LogP contribution in [0.1, 0.15) is 34.5 Å². The second-order valence-corrected chi connectivity index (χ2v) is 7.52. The molecule has 29 heavy (non-hydrogen) atoms. The van der Waals surface area contributed by atoms with Crippen LogP contribution < -0.4 is 10.6 Å². The molecule has 148 valence electrons. The van der Waals surface area contributed by atoms with Gasteiger partial charge in [-0.1, -0.05) is 47.1 Å². The summed E-state index contributed by atoms with van der Waals surface area (Å²) in [6.45, 7) is 1.68. The van der Waals surface area contributed by atoms with Gasteiger partial charge in [0.2, 0.25) is 5.91 Å². The molecule has 0 radical (unpaired) electrons. The Bertz CT molecular complexity index is 1060. The molecule has 0 atom stereocenters. The van der Waals surface area contributed by atoms with Crippen LogP contribution in [0.3, 0.4) is 0 Å². The van der Waals surface area contributed by atoms with Gasteiger partial charge in [-0.05, 0) is 43.5 Å². The van der Waals surface area contributed by atoms with E-state index in [4.69, 9.17) is 16.1 Å². The van der Waals surface area contributed by atoms with Crippen molar-refractivity contribution in [3.8, 4) is 11.3 Å². The summed E-state index contributed by atoms with van der Waals surface area (Å²) in [5, 5.41) is 10.3. The Balaban J connectivity index is 1.48. The van der Waals surface area contributed by atoms with Crippen molar-refractivity contribution in [1.82, 2.24) is 10.5 Å². The average molecular weight is 410 g/mol. The van der Waals surface area contributed by atoms with Crippen molar-refractivity contribution in [2.75, 3.05) is 5.32 Å². The maximum Gasteiger partial charge on any atom is 0.261 e. The summed E-state index contributed by atoms with van der Waals surface area (Å²) in [5.41, 5.74) is 2.88. The predicted molar refractivity (Wildman–Crippen MR) is 111 cm³/mol. The SMILES string of the molecule is Cc1onc(-c2ccccc2Cl)c1C(=O)Nc1ccc(CC(=O)NC2CC2)cc1. The normalized spacial score (nSPS) is 13.2. The number of benzene rings is 2. The van der Waals surface area contributed by atoms with Crippen molar-refractivity contribution >= 4 is 29.1 Å². The number of carbonyl (C=O) groups excluding carboxylic acids is 2. The van der Waals surface area contributed by atoms with E-state index >= 15 is 0 Å². The number of amides is 2. The molecule has 1 saturated carbocycles. The summed E-state index contributed by atoms with van der Waals surface area (Å²) < 4.78 is 5.25. The number of nitrogens with zero attached hydrogens (tertiary/aromatic N) is 1. The summed E-state index contributed by atoms with van der Waals surface area (Å²) in [7, 11) is 0. The van der Waals surface area contributed by atoms with Crippen molar-refractivity contribution in [1.29, 1.82) is 0 Å². The van der Waals surface area contributed by atoms with Crippen molar-refractivity contribution in [3.05, 3.63) is 70.4 Å². The smallest absolute Gasteiger partial charge is 0.261 e. The first kappa shape index (κ1) is 19.2. The maximum absolute atomic E-state index is 12.9. The van der Waals surface area contributed by atoms with E-state index in [1.54, 1.807) is 31.2 Å². The molecule has 7 heteroatoms. The molecule has 2 aromatic carbocycles. The van der Waals surface area contributed by atoms with E-state index in [0.29, 0.717) is 45.8 Å². The Kier molecular flexibility index (Phi) is 5.36. The number of aromatic nitrogens is 1. The van der Waals surface area contributed by atoms with Gasteiger partial charge < -0.3 is 15.2 Å². The van der Waals surface area contributed by atoms with Crippen LogP contribution in [0.2, 0.25) is 5.02 Å². The summed E-state index contributed by atoms with van der Waals surface area (Å²) in [5.74, 6) is 0.0949. The van der Waals surface area contributed by atoms with E-state index in [2.05, 4.69) is 15.8 Å². The molecule has 0 bridgehead atoms. The van der Waals surface area contributed by atoms with E-state index in [1.165, 1.54) is 0 Å². The minimum absolute atomic E-state index is 0.0220. The number of anilines is 1. The molecule has 1 aliphatic rings. The fourth-order valence-corrected chi connectivity index (χ4v) is 3.29. The lowest BCUT2D eigenvalue weighted by atomic mass is 10.1. The third kappa shape index (κ3) is 4.49. The Hall–Kier alpha value is -3.12. The third-order valence-electron chi connectivity index (χ3n) is 4.74. The molecule has 1 heterocycles. The van der Waals surface area contributed by atoms with Gasteiger partial charge in [-0.2, -0.15) is 0 Å². The highest BCUT2D eigenvalue weighted by atomic mass is 35.5. The first-order chi connectivity index (χ1) is 14.0. The highest BCUT2D eigenvalue weighted by Gasteiger charge is 2.24. The number of halogens is 1. The molecule has 2 amide bonds. The molecule has 3 aromatic rings. The lowest BCUT2D eigenvalue weighted by Gasteiger charge is -2.08. The van der Waals surface area contributed by atoms with Gasteiger partial charge in [-0.3, -0.25) is 9.59 Å². The van der Waals surface area contributed by atoms with Crippen LogP contribution in [0.4, 0.5) is 5.69 Å². The average Bonchev–Trinajstić information content (AvgIpc) is 3.42. The largest absolute Gasteiger partial charge is 0.360 e. The Morgan fingerprint density at radius 3 is 2.55 bits per heavy atom. The van der Waals surface area contributed by atoms with Crippen molar-refractivity contribution in [3.63, 3.8) is 0 Å². The molecule has 1 aromatic heterocycles. The maximum atomic E-state index is 12.9. The molecule has 0 aliphatic heterocycles. The Morgan fingerprint density at radius 1 is 1.14 bits per heavy atom. The second-order valence-electron chi connectivity index (χ2n) is 7.11. The van der Waals surface area contributed by atoms with E-state index in [-0.39, 0.29) is 11.8 Å². The molecule has 0 saturated heterocycles. The van der Waals surface area contributed by atoms with Crippen molar-refractivity contribution in [2.45, 2.75) is 32.2 Å². The molecule has 2 N–H and O–H groups in total. The molecule has 1 aliphatic carbocycles. The minimum Gasteiger partial charge on any atom is -0.360 e. The topological polar surface area (TPSA) is 84.2 Å². The van der Waals surface area contributed by atoms with Crippen LogP contribution in [-0.2, 0) is 11.2 Å². The zero-order valence-electron chi connectivity index (χ0n) is 15.9. The number of hydrogen-bond acceptors (Lipinski definition) is 4. The second kappa shape index (κ2) is 8.09. The van der Waals surface area contributed by atoms with Gasteiger partial charge in [0.1, 0.15) is 17.0 Å². The summed E-state index contributed by atoms with van der Waals surface area (Å²) in [6.07, 6.45) is 2.45. The van der Waals surface area contributed by atoms with Gasteiger partial charge in [0, 0.05) is 17.3 Å². The van der Waals surface area contributed by atoms with Crippen LogP contribution >= 0.6 is 11.6 Å². The quantitative estimate of drug-likeness (QED) is 0.632. The lowest BCUT2D eigenvalue weighted by Crippen LogP contribution is -2.26. The van der Waals surface area contributed by atoms with Gasteiger partial charge in [0.05, 0.1) is 11.4 Å². The molecule has 6 nitrogen and oxygen atoms in total. The first-order valence-corrected chi connectivity index (χ1v) is 9.80. The Morgan fingerprint density at radius 2 is 1.86 bits per heavy atom. The molecule has 1 fully saturated rings. The summed E-state index contributed by atoms with van der Waals surface area (Å²) in [4.78, 5) is 24.8. The molecule has 0 unspecified atom stereocenters. The standard InChI is InChI=1S/C22H20ClN3O3/c1-13-20(21(26-29-13)17-4-2-3-5-18(17)23)22(28)25-16-8-6-14(7-9-16)12-19(27)24-15-10-11-15/h2-9,15H,10-12H2,1H3,(H,24,27)(H,25,28). The van der Waals surface area contributed by atoms with Crippen LogP contribution in [0.15, 0.2) is 53.1 Å². The van der Waals surface area contributed by atoms with Gasteiger partial charge in [0.25, 0.3) is 5.91 Å².